The van der Waals surface area contributed by atoms with Crippen molar-refractivity contribution in [3.05, 3.63) is 82.8 Å². The predicted octanol–water partition coefficient (Wildman–Crippen LogP) is 4.71. The molecule has 9 heteroatoms. The number of allylic oxidation sites excluding steroid dienone is 1. The van der Waals surface area contributed by atoms with Crippen LogP contribution in [-0.4, -0.2) is 40.6 Å². The molecule has 196 valence electrons. The lowest BCUT2D eigenvalue weighted by molar-refractivity contribution is -0.139. The number of nitrogens with one attached hydrogen (secondary N) is 2. The Kier molecular flexibility index (Phi) is 7.85. The third-order valence-corrected chi connectivity index (χ3v) is 5.69. The first-order chi connectivity index (χ1) is 18.1. The van der Waals surface area contributed by atoms with E-state index in [1.165, 1.54) is 7.11 Å². The van der Waals surface area contributed by atoms with Crippen molar-refractivity contribution in [3.8, 4) is 11.3 Å². The number of anilines is 1. The number of para-hydroxylation sites is 1. The smallest absolute Gasteiger partial charge is 0.407 e. The number of carbonyl (C=O) groups is 3. The van der Waals surface area contributed by atoms with Crippen molar-refractivity contribution in [2.75, 3.05) is 12.4 Å². The minimum absolute atomic E-state index is 0.0209. The number of fused-ring (bicyclic) bond motifs is 1. The Bertz CT molecular complexity index is 1410. The van der Waals surface area contributed by atoms with Gasteiger partial charge in [0.15, 0.2) is 0 Å². The topological polar surface area (TPSA) is 120 Å². The van der Waals surface area contributed by atoms with Gasteiger partial charge in [-0.05, 0) is 44.0 Å². The number of rotatable bonds is 7. The van der Waals surface area contributed by atoms with Crippen molar-refractivity contribution in [1.29, 1.82) is 0 Å². The van der Waals surface area contributed by atoms with E-state index in [4.69, 9.17) is 9.47 Å². The Hall–Kier alpha value is -4.53. The molecule has 38 heavy (non-hydrogen) atoms. The first kappa shape index (κ1) is 26.5. The average Bonchev–Trinajstić information content (AvgIpc) is 3.36. The van der Waals surface area contributed by atoms with Gasteiger partial charge in [-0.1, -0.05) is 48.6 Å². The molecule has 2 aromatic carbocycles. The summed E-state index contributed by atoms with van der Waals surface area (Å²) in [6.07, 6.45) is 4.04. The van der Waals surface area contributed by atoms with Gasteiger partial charge in [-0.3, -0.25) is 9.59 Å². The maximum Gasteiger partial charge on any atom is 0.407 e. The van der Waals surface area contributed by atoms with Crippen LogP contribution in [0.15, 0.2) is 54.6 Å². The van der Waals surface area contributed by atoms with Gasteiger partial charge in [0.05, 0.1) is 24.9 Å². The van der Waals surface area contributed by atoms with E-state index in [-0.39, 0.29) is 18.8 Å². The quantitative estimate of drug-likeness (QED) is 0.438. The van der Waals surface area contributed by atoms with Crippen molar-refractivity contribution in [3.63, 3.8) is 0 Å². The zero-order valence-corrected chi connectivity index (χ0v) is 21.8. The van der Waals surface area contributed by atoms with Gasteiger partial charge >= 0.3 is 12.1 Å². The minimum Gasteiger partial charge on any atom is -0.469 e. The van der Waals surface area contributed by atoms with Crippen LogP contribution in [0.4, 0.5) is 10.5 Å². The summed E-state index contributed by atoms with van der Waals surface area (Å²) >= 11 is 0. The number of nitrogens with zero attached hydrogens (tertiary/aromatic N) is 2. The summed E-state index contributed by atoms with van der Waals surface area (Å²) in [5, 5.41) is 5.60. The standard InChI is InChI=1S/C29H30N4O5/c1-29(2,3)38-28(36)30-17-18-9-7-11-20(15-18)25-21-12-8-14-23(21)31-26(33-25)27(35)32-22-13-6-5-10-19(22)16-24(34)37-4/h5-13,15H,14,16-17H2,1-4H3,(H,30,36)(H,32,35). The molecule has 1 aliphatic carbocycles. The zero-order valence-electron chi connectivity index (χ0n) is 21.8. The number of amides is 2. The second-order valence-electron chi connectivity index (χ2n) is 9.78. The number of carbonyl (C=O) groups excluding carboxylic acids is 3. The molecule has 2 amide bonds. The Morgan fingerprint density at radius 1 is 1.03 bits per heavy atom. The molecule has 1 aliphatic rings. The third kappa shape index (κ3) is 6.61. The number of ether oxygens (including phenoxy) is 2. The monoisotopic (exact) mass is 514 g/mol. The van der Waals surface area contributed by atoms with Crippen LogP contribution >= 0.6 is 0 Å². The van der Waals surface area contributed by atoms with Crippen molar-refractivity contribution in [1.82, 2.24) is 15.3 Å². The normalized spacial score (nSPS) is 12.0. The minimum atomic E-state index is -0.587. The highest BCUT2D eigenvalue weighted by Gasteiger charge is 2.22. The highest BCUT2D eigenvalue weighted by atomic mass is 16.6. The van der Waals surface area contributed by atoms with E-state index >= 15 is 0 Å². The number of alkyl carbamates (subject to hydrolysis) is 1. The number of hydrogen-bond acceptors (Lipinski definition) is 7. The largest absolute Gasteiger partial charge is 0.469 e. The van der Waals surface area contributed by atoms with Crippen LogP contribution in [0, 0.1) is 0 Å². The molecule has 0 saturated carbocycles. The molecular formula is C29H30N4O5. The summed E-state index contributed by atoms with van der Waals surface area (Å²) in [7, 11) is 1.32. The Labute approximate surface area is 221 Å². The first-order valence-electron chi connectivity index (χ1n) is 12.2. The summed E-state index contributed by atoms with van der Waals surface area (Å²) in [6.45, 7) is 5.70. The van der Waals surface area contributed by atoms with Gasteiger partial charge in [-0.2, -0.15) is 0 Å². The van der Waals surface area contributed by atoms with Gasteiger partial charge in [0.25, 0.3) is 5.91 Å². The van der Waals surface area contributed by atoms with Crippen molar-refractivity contribution >= 4 is 29.7 Å². The SMILES string of the molecule is COC(=O)Cc1ccccc1NC(=O)c1nc2c(c(-c3cccc(CNC(=O)OC(C)(C)C)c3)n1)C=CC2. The van der Waals surface area contributed by atoms with E-state index in [0.717, 1.165) is 22.4 Å². The molecule has 0 atom stereocenters. The summed E-state index contributed by atoms with van der Waals surface area (Å²) in [5.74, 6) is -0.872. The molecule has 0 aliphatic heterocycles. The molecule has 1 aromatic heterocycles. The molecule has 3 aromatic rings. The molecule has 2 N–H and O–H groups in total. The van der Waals surface area contributed by atoms with Gasteiger partial charge in [-0.15, -0.1) is 0 Å². The van der Waals surface area contributed by atoms with E-state index < -0.39 is 23.6 Å². The molecule has 1 heterocycles. The molecule has 0 saturated heterocycles. The van der Waals surface area contributed by atoms with Gasteiger partial charge in [0.2, 0.25) is 5.82 Å². The fourth-order valence-electron chi connectivity index (χ4n) is 3.98. The predicted molar refractivity (Wildman–Crippen MR) is 143 cm³/mol. The summed E-state index contributed by atoms with van der Waals surface area (Å²) in [4.78, 5) is 46.2. The average molecular weight is 515 g/mol. The molecule has 0 bridgehead atoms. The fraction of sp³-hybridized carbons (Fsp3) is 0.276. The van der Waals surface area contributed by atoms with Crippen molar-refractivity contribution in [2.24, 2.45) is 0 Å². The van der Waals surface area contributed by atoms with Crippen molar-refractivity contribution < 1.29 is 23.9 Å². The summed E-state index contributed by atoms with van der Waals surface area (Å²) in [5.41, 5.74) is 4.39. The number of hydrogen-bond donors (Lipinski definition) is 2. The van der Waals surface area contributed by atoms with Crippen LogP contribution in [0.5, 0.6) is 0 Å². The summed E-state index contributed by atoms with van der Waals surface area (Å²) in [6, 6.07) is 14.6. The Balaban J connectivity index is 1.59. The fourth-order valence-corrected chi connectivity index (χ4v) is 3.98. The van der Waals surface area contributed by atoms with Crippen LogP contribution in [0.2, 0.25) is 0 Å². The van der Waals surface area contributed by atoms with Gasteiger partial charge < -0.3 is 20.1 Å². The lowest BCUT2D eigenvalue weighted by Gasteiger charge is -2.19. The van der Waals surface area contributed by atoms with E-state index in [1.807, 2.05) is 57.2 Å². The number of benzene rings is 2. The molecule has 0 spiro atoms. The highest BCUT2D eigenvalue weighted by Crippen LogP contribution is 2.30. The summed E-state index contributed by atoms with van der Waals surface area (Å²) < 4.78 is 10.1. The molecule has 0 radical (unpaired) electrons. The van der Waals surface area contributed by atoms with Crippen molar-refractivity contribution in [2.45, 2.75) is 45.8 Å². The first-order valence-corrected chi connectivity index (χ1v) is 12.2. The second-order valence-corrected chi connectivity index (χ2v) is 9.78. The van der Waals surface area contributed by atoms with E-state index in [0.29, 0.717) is 23.4 Å². The third-order valence-electron chi connectivity index (χ3n) is 5.69. The van der Waals surface area contributed by atoms with Gasteiger partial charge in [0.1, 0.15) is 5.60 Å². The number of methoxy groups -OCH3 is 1. The van der Waals surface area contributed by atoms with Crippen LogP contribution in [0.3, 0.4) is 0 Å². The maximum atomic E-state index is 13.2. The van der Waals surface area contributed by atoms with E-state index in [9.17, 15) is 14.4 Å². The second kappa shape index (κ2) is 11.2. The van der Waals surface area contributed by atoms with E-state index in [2.05, 4.69) is 20.6 Å². The number of aromatic nitrogens is 2. The van der Waals surface area contributed by atoms with Crippen LogP contribution in [0.1, 0.15) is 53.8 Å². The van der Waals surface area contributed by atoms with E-state index in [1.54, 1.807) is 24.3 Å². The van der Waals surface area contributed by atoms with Gasteiger partial charge in [0, 0.05) is 29.8 Å². The number of esters is 1. The van der Waals surface area contributed by atoms with Gasteiger partial charge in [-0.25, -0.2) is 14.8 Å². The maximum absolute atomic E-state index is 13.2. The van der Waals surface area contributed by atoms with Crippen LogP contribution < -0.4 is 10.6 Å². The lowest BCUT2D eigenvalue weighted by atomic mass is 10.0. The van der Waals surface area contributed by atoms with Crippen LogP contribution in [-0.2, 0) is 33.7 Å². The highest BCUT2D eigenvalue weighted by molar-refractivity contribution is 6.03. The Morgan fingerprint density at radius 3 is 2.58 bits per heavy atom. The molecule has 9 nitrogen and oxygen atoms in total. The van der Waals surface area contributed by atoms with Crippen LogP contribution in [0.25, 0.3) is 17.3 Å². The molecule has 4 rings (SSSR count). The Morgan fingerprint density at radius 2 is 1.82 bits per heavy atom. The molecule has 0 unspecified atom stereocenters. The molecule has 0 fully saturated rings. The lowest BCUT2D eigenvalue weighted by Crippen LogP contribution is -2.32. The zero-order chi connectivity index (χ0) is 27.3. The molecular weight excluding hydrogens is 484 g/mol.